The standard InChI is InChI=1S/C13H14N2O2S/c1-8-3-6-12(18-8)13(16)15-9-4-5-11(17-2)10(14)7-9/h3-7H,14H2,1-2H3,(H,15,16). The molecule has 1 amide bonds. The number of benzene rings is 1. The number of hydrogen-bond acceptors (Lipinski definition) is 4. The highest BCUT2D eigenvalue weighted by Crippen LogP contribution is 2.25. The Morgan fingerprint density at radius 1 is 1.33 bits per heavy atom. The van der Waals surface area contributed by atoms with E-state index in [1.54, 1.807) is 25.3 Å². The predicted octanol–water partition coefficient (Wildman–Crippen LogP) is 2.90. The first-order valence-corrected chi connectivity index (χ1v) is 6.23. The summed E-state index contributed by atoms with van der Waals surface area (Å²) in [6, 6.07) is 8.89. The van der Waals surface area contributed by atoms with Gasteiger partial charge in [0.1, 0.15) is 5.75 Å². The largest absolute Gasteiger partial charge is 0.495 e. The number of anilines is 2. The molecule has 0 radical (unpaired) electrons. The van der Waals surface area contributed by atoms with Gasteiger partial charge in [-0.25, -0.2) is 0 Å². The molecule has 0 saturated heterocycles. The van der Waals surface area contributed by atoms with Crippen LogP contribution in [0, 0.1) is 6.92 Å². The minimum Gasteiger partial charge on any atom is -0.495 e. The Bertz CT molecular complexity index is 578. The number of aryl methyl sites for hydroxylation is 1. The van der Waals surface area contributed by atoms with Crippen LogP contribution >= 0.6 is 11.3 Å². The number of thiophene rings is 1. The van der Waals surface area contributed by atoms with Crippen LogP contribution in [-0.4, -0.2) is 13.0 Å². The zero-order chi connectivity index (χ0) is 13.1. The number of hydrogen-bond donors (Lipinski definition) is 2. The summed E-state index contributed by atoms with van der Waals surface area (Å²) in [4.78, 5) is 13.7. The number of methoxy groups -OCH3 is 1. The Kier molecular flexibility index (Phi) is 3.53. The molecule has 0 aliphatic heterocycles. The lowest BCUT2D eigenvalue weighted by molar-refractivity contribution is 0.103. The van der Waals surface area contributed by atoms with E-state index in [1.165, 1.54) is 11.3 Å². The molecule has 4 nitrogen and oxygen atoms in total. The molecule has 1 aromatic carbocycles. The van der Waals surface area contributed by atoms with Crippen molar-refractivity contribution in [2.24, 2.45) is 0 Å². The van der Waals surface area contributed by atoms with Crippen molar-refractivity contribution in [3.8, 4) is 5.75 Å². The fourth-order valence-electron chi connectivity index (χ4n) is 1.56. The Morgan fingerprint density at radius 2 is 2.11 bits per heavy atom. The van der Waals surface area contributed by atoms with Gasteiger partial charge in [0.25, 0.3) is 5.91 Å². The van der Waals surface area contributed by atoms with Crippen LogP contribution in [0.1, 0.15) is 14.5 Å². The molecule has 18 heavy (non-hydrogen) atoms. The van der Waals surface area contributed by atoms with Crippen molar-refractivity contribution in [1.29, 1.82) is 0 Å². The highest BCUT2D eigenvalue weighted by atomic mass is 32.1. The Labute approximate surface area is 109 Å². The number of ether oxygens (including phenoxy) is 1. The number of nitrogens with one attached hydrogen (secondary N) is 1. The van der Waals surface area contributed by atoms with E-state index in [0.717, 1.165) is 4.88 Å². The predicted molar refractivity (Wildman–Crippen MR) is 74.4 cm³/mol. The topological polar surface area (TPSA) is 64.3 Å². The Balaban J connectivity index is 2.14. The van der Waals surface area contributed by atoms with Crippen LogP contribution in [0.4, 0.5) is 11.4 Å². The monoisotopic (exact) mass is 262 g/mol. The van der Waals surface area contributed by atoms with Crippen LogP contribution in [-0.2, 0) is 0 Å². The van der Waals surface area contributed by atoms with Gasteiger partial charge in [-0.05, 0) is 37.3 Å². The number of nitrogen functional groups attached to an aromatic ring is 1. The van der Waals surface area contributed by atoms with Crippen LogP contribution in [0.3, 0.4) is 0 Å². The summed E-state index contributed by atoms with van der Waals surface area (Å²) in [5, 5.41) is 2.80. The van der Waals surface area contributed by atoms with Gasteiger partial charge in [0, 0.05) is 10.6 Å². The zero-order valence-electron chi connectivity index (χ0n) is 10.2. The maximum Gasteiger partial charge on any atom is 0.265 e. The molecule has 0 aliphatic carbocycles. The summed E-state index contributed by atoms with van der Waals surface area (Å²) in [7, 11) is 1.55. The maximum atomic E-state index is 11.9. The average Bonchev–Trinajstić information content (AvgIpc) is 2.76. The zero-order valence-corrected chi connectivity index (χ0v) is 11.0. The fourth-order valence-corrected chi connectivity index (χ4v) is 2.32. The summed E-state index contributed by atoms with van der Waals surface area (Å²) < 4.78 is 5.06. The number of amides is 1. The van der Waals surface area contributed by atoms with Crippen molar-refractivity contribution in [1.82, 2.24) is 0 Å². The van der Waals surface area contributed by atoms with E-state index >= 15 is 0 Å². The number of carbonyl (C=O) groups excluding carboxylic acids is 1. The second-order valence-electron chi connectivity index (χ2n) is 3.82. The van der Waals surface area contributed by atoms with Gasteiger partial charge < -0.3 is 15.8 Å². The van der Waals surface area contributed by atoms with E-state index in [4.69, 9.17) is 10.5 Å². The summed E-state index contributed by atoms with van der Waals surface area (Å²) in [6.45, 7) is 1.97. The third-order valence-electron chi connectivity index (χ3n) is 2.45. The van der Waals surface area contributed by atoms with E-state index < -0.39 is 0 Å². The van der Waals surface area contributed by atoms with Crippen molar-refractivity contribution in [3.05, 3.63) is 40.1 Å². The number of carbonyl (C=O) groups is 1. The molecule has 0 fully saturated rings. The van der Waals surface area contributed by atoms with Gasteiger partial charge in [-0.2, -0.15) is 0 Å². The van der Waals surface area contributed by atoms with E-state index in [-0.39, 0.29) is 5.91 Å². The average molecular weight is 262 g/mol. The summed E-state index contributed by atoms with van der Waals surface area (Å²) in [5.74, 6) is 0.470. The highest BCUT2D eigenvalue weighted by Gasteiger charge is 2.09. The molecule has 1 heterocycles. The maximum absolute atomic E-state index is 11.9. The van der Waals surface area contributed by atoms with Crippen LogP contribution in [0.5, 0.6) is 5.75 Å². The van der Waals surface area contributed by atoms with Gasteiger partial charge in [-0.1, -0.05) is 0 Å². The lowest BCUT2D eigenvalue weighted by atomic mass is 10.2. The lowest BCUT2D eigenvalue weighted by Crippen LogP contribution is -2.10. The Hall–Kier alpha value is -2.01. The van der Waals surface area contributed by atoms with Crippen molar-refractivity contribution < 1.29 is 9.53 Å². The van der Waals surface area contributed by atoms with Crippen molar-refractivity contribution >= 4 is 28.6 Å². The minimum absolute atomic E-state index is 0.127. The first kappa shape index (κ1) is 12.4. The minimum atomic E-state index is -0.127. The smallest absolute Gasteiger partial charge is 0.265 e. The third-order valence-corrected chi connectivity index (χ3v) is 3.45. The molecule has 0 spiro atoms. The molecule has 0 aliphatic rings. The van der Waals surface area contributed by atoms with Gasteiger partial charge >= 0.3 is 0 Å². The molecule has 1 aromatic heterocycles. The van der Waals surface area contributed by atoms with Crippen LogP contribution in [0.15, 0.2) is 30.3 Å². The molecule has 3 N–H and O–H groups in total. The molecular formula is C13H14N2O2S. The molecule has 2 rings (SSSR count). The second-order valence-corrected chi connectivity index (χ2v) is 5.11. The number of rotatable bonds is 3. The SMILES string of the molecule is COc1ccc(NC(=O)c2ccc(C)s2)cc1N. The van der Waals surface area contributed by atoms with Crippen LogP contribution in [0.25, 0.3) is 0 Å². The van der Waals surface area contributed by atoms with Crippen molar-refractivity contribution in [2.75, 3.05) is 18.2 Å². The molecule has 0 unspecified atom stereocenters. The van der Waals surface area contributed by atoms with E-state index in [2.05, 4.69) is 5.32 Å². The summed E-state index contributed by atoms with van der Waals surface area (Å²) in [5.41, 5.74) is 6.93. The lowest BCUT2D eigenvalue weighted by Gasteiger charge is -2.08. The van der Waals surface area contributed by atoms with Crippen LogP contribution < -0.4 is 15.8 Å². The van der Waals surface area contributed by atoms with Gasteiger partial charge in [0.05, 0.1) is 17.7 Å². The fraction of sp³-hybridized carbons (Fsp3) is 0.154. The third kappa shape index (κ3) is 2.62. The molecule has 94 valence electrons. The quantitative estimate of drug-likeness (QED) is 0.836. The van der Waals surface area contributed by atoms with E-state index in [0.29, 0.717) is 22.0 Å². The molecule has 0 atom stereocenters. The highest BCUT2D eigenvalue weighted by molar-refractivity contribution is 7.14. The molecule has 5 heteroatoms. The first-order valence-electron chi connectivity index (χ1n) is 5.41. The van der Waals surface area contributed by atoms with E-state index in [1.807, 2.05) is 19.1 Å². The molecule has 0 bridgehead atoms. The van der Waals surface area contributed by atoms with Gasteiger partial charge in [0.15, 0.2) is 0 Å². The molecule has 2 aromatic rings. The van der Waals surface area contributed by atoms with Gasteiger partial charge in [0.2, 0.25) is 0 Å². The summed E-state index contributed by atoms with van der Waals surface area (Å²) >= 11 is 1.46. The molecule has 0 saturated carbocycles. The number of nitrogens with two attached hydrogens (primary N) is 1. The van der Waals surface area contributed by atoms with Crippen molar-refractivity contribution in [2.45, 2.75) is 6.92 Å². The summed E-state index contributed by atoms with van der Waals surface area (Å²) in [6.07, 6.45) is 0. The van der Waals surface area contributed by atoms with Crippen molar-refractivity contribution in [3.63, 3.8) is 0 Å². The normalized spacial score (nSPS) is 10.1. The van der Waals surface area contributed by atoms with Gasteiger partial charge in [-0.15, -0.1) is 11.3 Å². The van der Waals surface area contributed by atoms with Crippen LogP contribution in [0.2, 0.25) is 0 Å². The van der Waals surface area contributed by atoms with Gasteiger partial charge in [-0.3, -0.25) is 4.79 Å². The second kappa shape index (κ2) is 5.10. The first-order chi connectivity index (χ1) is 8.60. The van der Waals surface area contributed by atoms with E-state index in [9.17, 15) is 4.79 Å². The molecular weight excluding hydrogens is 248 g/mol. The Morgan fingerprint density at radius 3 is 2.67 bits per heavy atom.